The van der Waals surface area contributed by atoms with Gasteiger partial charge in [0.2, 0.25) is 0 Å². The van der Waals surface area contributed by atoms with Gasteiger partial charge in [-0.25, -0.2) is 4.98 Å². The molecule has 0 atom stereocenters. The summed E-state index contributed by atoms with van der Waals surface area (Å²) in [6.45, 7) is 8.21. The number of aryl methyl sites for hydroxylation is 1. The van der Waals surface area contributed by atoms with Crippen LogP contribution in [0.2, 0.25) is 0 Å². The van der Waals surface area contributed by atoms with Gasteiger partial charge in [-0.1, -0.05) is 37.7 Å². The maximum Gasteiger partial charge on any atom is 0.311 e. The fourth-order valence-electron chi connectivity index (χ4n) is 3.52. The normalized spacial score (nSPS) is 11.1. The summed E-state index contributed by atoms with van der Waals surface area (Å²) in [7, 11) is 1.28. The second-order valence-electron chi connectivity index (χ2n) is 7.87. The van der Waals surface area contributed by atoms with Crippen LogP contribution < -0.4 is 5.56 Å². The third kappa shape index (κ3) is 5.37. The Morgan fingerprint density at radius 1 is 1.16 bits per heavy atom. The average Bonchev–Trinajstić information content (AvgIpc) is 3.05. The highest BCUT2D eigenvalue weighted by molar-refractivity contribution is 7.99. The molecule has 8 heteroatoms. The molecule has 7 nitrogen and oxygen atoms in total. The van der Waals surface area contributed by atoms with E-state index in [1.807, 2.05) is 19.9 Å². The zero-order chi connectivity index (χ0) is 23.4. The molecule has 3 aromatic rings. The fraction of sp³-hybridized carbons (Fsp3) is 0.333. The van der Waals surface area contributed by atoms with Gasteiger partial charge in [0.05, 0.1) is 25.0 Å². The first-order chi connectivity index (χ1) is 15.2. The van der Waals surface area contributed by atoms with E-state index in [2.05, 4.69) is 57.4 Å². The van der Waals surface area contributed by atoms with Gasteiger partial charge in [0.15, 0.2) is 10.9 Å². The first-order valence-corrected chi connectivity index (χ1v) is 11.3. The van der Waals surface area contributed by atoms with Crippen LogP contribution in [0.15, 0.2) is 46.3 Å². The van der Waals surface area contributed by atoms with E-state index < -0.39 is 5.97 Å². The van der Waals surface area contributed by atoms with Crippen LogP contribution in [-0.2, 0) is 16.0 Å². The number of nitrogens with one attached hydrogen (secondary N) is 1. The third-order valence-electron chi connectivity index (χ3n) is 5.22. The van der Waals surface area contributed by atoms with Crippen LogP contribution in [0.5, 0.6) is 0 Å². The van der Waals surface area contributed by atoms with Crippen molar-refractivity contribution >= 4 is 23.5 Å². The standard InChI is InChI=1S/C24H27N3O4S/c1-14(2)17-6-8-19(9-7-17)27-15(3)10-20(16(27)4)21(28)13-32-24-25-18(11-22(29)26-24)12-23(30)31-5/h6-11,14H,12-13H2,1-5H3,(H,25,26,29). The quantitative estimate of drug-likeness (QED) is 0.240. The van der Waals surface area contributed by atoms with E-state index in [9.17, 15) is 14.4 Å². The number of benzene rings is 1. The van der Waals surface area contributed by atoms with Crippen LogP contribution >= 0.6 is 11.8 Å². The molecule has 168 valence electrons. The molecular weight excluding hydrogens is 426 g/mol. The highest BCUT2D eigenvalue weighted by Crippen LogP contribution is 2.25. The first kappa shape index (κ1) is 23.5. The lowest BCUT2D eigenvalue weighted by molar-refractivity contribution is -0.139. The Kier molecular flexibility index (Phi) is 7.35. The molecule has 3 rings (SSSR count). The lowest BCUT2D eigenvalue weighted by Gasteiger charge is -2.12. The van der Waals surface area contributed by atoms with Crippen LogP contribution in [-0.4, -0.2) is 39.2 Å². The third-order valence-corrected chi connectivity index (χ3v) is 6.09. The average molecular weight is 454 g/mol. The van der Waals surface area contributed by atoms with E-state index in [1.54, 1.807) is 0 Å². The van der Waals surface area contributed by atoms with Gasteiger partial charge in [0.25, 0.3) is 5.56 Å². The van der Waals surface area contributed by atoms with Crippen molar-refractivity contribution in [3.63, 3.8) is 0 Å². The van der Waals surface area contributed by atoms with E-state index in [-0.39, 0.29) is 23.5 Å². The SMILES string of the molecule is COC(=O)Cc1cc(=O)[nH]c(SCC(=O)c2cc(C)n(-c3ccc(C(C)C)cc3)c2C)n1. The van der Waals surface area contributed by atoms with Gasteiger partial charge >= 0.3 is 5.97 Å². The van der Waals surface area contributed by atoms with Gasteiger partial charge in [-0.15, -0.1) is 0 Å². The Bertz CT molecular complexity index is 1190. The zero-order valence-corrected chi connectivity index (χ0v) is 19.7. The molecular formula is C24H27N3O4S. The number of Topliss-reactive ketones (excluding diaryl/α,β-unsaturated/α-hetero) is 1. The number of ether oxygens (including phenoxy) is 1. The van der Waals surface area contributed by atoms with Crippen LogP contribution in [0.25, 0.3) is 5.69 Å². The van der Waals surface area contributed by atoms with Crippen LogP contribution in [0.4, 0.5) is 0 Å². The summed E-state index contributed by atoms with van der Waals surface area (Å²) in [5.41, 5.74) is 4.68. The van der Waals surface area contributed by atoms with Gasteiger partial charge in [0, 0.05) is 28.7 Å². The summed E-state index contributed by atoms with van der Waals surface area (Å²) in [6, 6.07) is 11.5. The molecule has 1 N–H and O–H groups in total. The molecule has 1 aromatic carbocycles. The minimum absolute atomic E-state index is 0.0610. The molecule has 0 radical (unpaired) electrons. The second kappa shape index (κ2) is 9.99. The minimum atomic E-state index is -0.482. The van der Waals surface area contributed by atoms with E-state index in [0.717, 1.165) is 28.8 Å². The van der Waals surface area contributed by atoms with Crippen molar-refractivity contribution in [2.24, 2.45) is 0 Å². The molecule has 2 heterocycles. The number of carbonyl (C=O) groups excluding carboxylic acids is 2. The maximum absolute atomic E-state index is 12.9. The van der Waals surface area contributed by atoms with Crippen molar-refractivity contribution in [3.05, 3.63) is 75.0 Å². The fourth-order valence-corrected chi connectivity index (χ4v) is 4.30. The van der Waals surface area contributed by atoms with Crippen molar-refractivity contribution in [2.45, 2.75) is 45.2 Å². The molecule has 0 saturated heterocycles. The number of nitrogens with zero attached hydrogens (tertiary/aromatic N) is 2. The van der Waals surface area contributed by atoms with Crippen molar-refractivity contribution in [3.8, 4) is 5.69 Å². The van der Waals surface area contributed by atoms with E-state index in [0.29, 0.717) is 22.3 Å². The van der Waals surface area contributed by atoms with E-state index in [4.69, 9.17) is 0 Å². The lowest BCUT2D eigenvalue weighted by atomic mass is 10.0. The summed E-state index contributed by atoms with van der Waals surface area (Å²) in [5.74, 6) is 0.0238. The highest BCUT2D eigenvalue weighted by Gasteiger charge is 2.18. The van der Waals surface area contributed by atoms with Crippen LogP contribution in [0.1, 0.15) is 52.8 Å². The van der Waals surface area contributed by atoms with Crippen molar-refractivity contribution in [1.82, 2.24) is 14.5 Å². The van der Waals surface area contributed by atoms with Gasteiger partial charge in [-0.3, -0.25) is 14.4 Å². The molecule has 0 fully saturated rings. The molecule has 0 bridgehead atoms. The summed E-state index contributed by atoms with van der Waals surface area (Å²) in [6.07, 6.45) is -0.0985. The summed E-state index contributed by atoms with van der Waals surface area (Å²) in [5, 5.41) is 0.294. The van der Waals surface area contributed by atoms with Crippen molar-refractivity contribution < 1.29 is 14.3 Å². The largest absolute Gasteiger partial charge is 0.469 e. The molecule has 0 spiro atoms. The molecule has 0 aliphatic carbocycles. The lowest BCUT2D eigenvalue weighted by Crippen LogP contribution is -2.14. The van der Waals surface area contributed by atoms with E-state index in [1.165, 1.54) is 18.7 Å². The molecule has 0 saturated carbocycles. The number of H-pyrrole nitrogens is 1. The Hall–Kier alpha value is -3.13. The summed E-state index contributed by atoms with van der Waals surface area (Å²) < 4.78 is 6.69. The molecule has 32 heavy (non-hydrogen) atoms. The first-order valence-electron chi connectivity index (χ1n) is 10.3. The Labute approximate surface area is 191 Å². The number of rotatable bonds is 8. The molecule has 2 aromatic heterocycles. The predicted octanol–water partition coefficient (Wildman–Crippen LogP) is 3.99. The predicted molar refractivity (Wildman–Crippen MR) is 125 cm³/mol. The number of hydrogen-bond donors (Lipinski definition) is 1. The molecule has 0 aliphatic rings. The van der Waals surface area contributed by atoms with Crippen LogP contribution in [0.3, 0.4) is 0 Å². The second-order valence-corrected chi connectivity index (χ2v) is 8.84. The van der Waals surface area contributed by atoms with Crippen molar-refractivity contribution in [2.75, 3.05) is 12.9 Å². The zero-order valence-electron chi connectivity index (χ0n) is 18.9. The molecule has 0 amide bonds. The molecule has 0 aliphatic heterocycles. The van der Waals surface area contributed by atoms with Crippen molar-refractivity contribution in [1.29, 1.82) is 0 Å². The Morgan fingerprint density at radius 2 is 1.84 bits per heavy atom. The van der Waals surface area contributed by atoms with Gasteiger partial charge < -0.3 is 14.3 Å². The van der Waals surface area contributed by atoms with Crippen LogP contribution in [0, 0.1) is 13.8 Å². The minimum Gasteiger partial charge on any atom is -0.469 e. The Balaban J connectivity index is 1.77. The Morgan fingerprint density at radius 3 is 2.47 bits per heavy atom. The maximum atomic E-state index is 12.9. The number of carbonyl (C=O) groups is 2. The number of hydrogen-bond acceptors (Lipinski definition) is 6. The number of aromatic nitrogens is 3. The number of ketones is 1. The number of thioether (sulfide) groups is 1. The monoisotopic (exact) mass is 453 g/mol. The smallest absolute Gasteiger partial charge is 0.311 e. The van der Waals surface area contributed by atoms with Gasteiger partial charge in [-0.05, 0) is 43.5 Å². The number of aromatic amines is 1. The van der Waals surface area contributed by atoms with Gasteiger partial charge in [-0.2, -0.15) is 0 Å². The highest BCUT2D eigenvalue weighted by atomic mass is 32.2. The van der Waals surface area contributed by atoms with Gasteiger partial charge in [0.1, 0.15) is 0 Å². The topological polar surface area (TPSA) is 94.0 Å². The summed E-state index contributed by atoms with van der Waals surface area (Å²) in [4.78, 5) is 43.1. The number of esters is 1. The van der Waals surface area contributed by atoms with E-state index >= 15 is 0 Å². The number of methoxy groups -OCH3 is 1. The summed E-state index contributed by atoms with van der Waals surface area (Å²) >= 11 is 1.13. The molecule has 0 unspecified atom stereocenters.